The molecular weight excluding hydrogens is 442 g/mol. The molecule has 1 fully saturated rings. The third-order valence-corrected chi connectivity index (χ3v) is 4.87. The second kappa shape index (κ2) is 9.59. The van der Waals surface area contributed by atoms with Gasteiger partial charge in [0.15, 0.2) is 23.2 Å². The molecule has 0 saturated carbocycles. The number of anilines is 1. The van der Waals surface area contributed by atoms with Crippen LogP contribution in [0.5, 0.6) is 11.5 Å². The maximum Gasteiger partial charge on any atom is 0.263 e. The van der Waals surface area contributed by atoms with Gasteiger partial charge in [0, 0.05) is 10.7 Å². The van der Waals surface area contributed by atoms with Crippen LogP contribution in [0.3, 0.4) is 0 Å². The highest BCUT2D eigenvalue weighted by atomic mass is 35.5. The highest BCUT2D eigenvalue weighted by Crippen LogP contribution is 2.29. The summed E-state index contributed by atoms with van der Waals surface area (Å²) >= 11 is 10.8. The van der Waals surface area contributed by atoms with Crippen LogP contribution in [-0.4, -0.2) is 36.6 Å². The summed E-state index contributed by atoms with van der Waals surface area (Å²) in [5, 5.41) is 7.93. The predicted octanol–water partition coefficient (Wildman–Crippen LogP) is 2.59. The lowest BCUT2D eigenvalue weighted by Gasteiger charge is -2.16. The van der Waals surface area contributed by atoms with Crippen molar-refractivity contribution in [2.45, 2.75) is 6.92 Å². The van der Waals surface area contributed by atoms with Crippen molar-refractivity contribution in [3.05, 3.63) is 58.1 Å². The van der Waals surface area contributed by atoms with Crippen LogP contribution in [-0.2, 0) is 14.4 Å². The van der Waals surface area contributed by atoms with Crippen LogP contribution >= 0.6 is 23.8 Å². The molecule has 0 radical (unpaired) electrons. The number of ether oxygens (including phenoxy) is 2. The van der Waals surface area contributed by atoms with Crippen molar-refractivity contribution in [3.63, 3.8) is 0 Å². The van der Waals surface area contributed by atoms with Gasteiger partial charge in [-0.3, -0.25) is 25.0 Å². The molecular formula is C21H18ClN3O5S. The van der Waals surface area contributed by atoms with E-state index in [4.69, 9.17) is 33.3 Å². The first kappa shape index (κ1) is 22.3. The minimum absolute atomic E-state index is 0.0420. The zero-order chi connectivity index (χ0) is 22.5. The van der Waals surface area contributed by atoms with Gasteiger partial charge in [0.2, 0.25) is 0 Å². The number of hydrogen-bond donors (Lipinski definition) is 3. The second-order valence-corrected chi connectivity index (χ2v) is 7.32. The number of aryl methyl sites for hydroxylation is 1. The lowest BCUT2D eigenvalue weighted by molar-refractivity contribution is -0.123. The summed E-state index contributed by atoms with van der Waals surface area (Å²) < 4.78 is 10.9. The van der Waals surface area contributed by atoms with E-state index in [-0.39, 0.29) is 23.2 Å². The molecule has 0 aromatic heterocycles. The Bertz CT molecular complexity index is 1090. The molecule has 1 saturated heterocycles. The lowest BCUT2D eigenvalue weighted by Crippen LogP contribution is -2.51. The Morgan fingerprint density at radius 3 is 2.48 bits per heavy atom. The first-order valence-corrected chi connectivity index (χ1v) is 9.80. The number of carbonyl (C=O) groups excluding carboxylic acids is 3. The van der Waals surface area contributed by atoms with Crippen LogP contribution in [0, 0.1) is 6.92 Å². The number of hydrogen-bond acceptors (Lipinski definition) is 6. The van der Waals surface area contributed by atoms with Crippen LogP contribution in [0.2, 0.25) is 5.02 Å². The number of halogens is 1. The van der Waals surface area contributed by atoms with Crippen molar-refractivity contribution in [1.82, 2.24) is 10.6 Å². The van der Waals surface area contributed by atoms with Gasteiger partial charge in [-0.1, -0.05) is 23.7 Å². The number of nitrogens with one attached hydrogen (secondary N) is 3. The Balaban J connectivity index is 1.68. The van der Waals surface area contributed by atoms with Crippen molar-refractivity contribution in [3.8, 4) is 11.5 Å². The zero-order valence-corrected chi connectivity index (χ0v) is 18.1. The molecule has 2 aromatic carbocycles. The van der Waals surface area contributed by atoms with Gasteiger partial charge in [0.05, 0.1) is 7.11 Å². The summed E-state index contributed by atoms with van der Waals surface area (Å²) in [7, 11) is 1.44. The quantitative estimate of drug-likeness (QED) is 0.348. The van der Waals surface area contributed by atoms with Gasteiger partial charge < -0.3 is 14.8 Å². The SMILES string of the molecule is COc1cc(C=C2C(=O)NC(=S)NC2=O)ccc1OCC(=O)Nc1ccc(C)c(Cl)c1. The molecule has 0 atom stereocenters. The van der Waals surface area contributed by atoms with Gasteiger partial charge in [0.25, 0.3) is 17.7 Å². The lowest BCUT2D eigenvalue weighted by atomic mass is 10.1. The Morgan fingerprint density at radius 2 is 1.84 bits per heavy atom. The molecule has 0 spiro atoms. The minimum atomic E-state index is -0.596. The third-order valence-electron chi connectivity index (χ3n) is 4.26. The highest BCUT2D eigenvalue weighted by molar-refractivity contribution is 7.80. The summed E-state index contributed by atoms with van der Waals surface area (Å²) in [5.74, 6) is -0.922. The standard InChI is InChI=1S/C21H18ClN3O5S/c1-11-3-5-13(9-15(11)22)23-18(26)10-30-16-6-4-12(8-17(16)29-2)7-14-19(27)24-21(31)25-20(14)28/h3-9H,10H2,1-2H3,(H,23,26)(H2,24,25,27,28,31). The van der Waals surface area contributed by atoms with E-state index >= 15 is 0 Å². The molecule has 3 amide bonds. The molecule has 1 aliphatic heterocycles. The molecule has 160 valence electrons. The Labute approximate surface area is 188 Å². The summed E-state index contributed by atoms with van der Waals surface area (Å²) in [6.45, 7) is 1.61. The van der Waals surface area contributed by atoms with E-state index < -0.39 is 11.8 Å². The van der Waals surface area contributed by atoms with Crippen LogP contribution in [0.4, 0.5) is 5.69 Å². The average molecular weight is 460 g/mol. The molecule has 0 aliphatic carbocycles. The largest absolute Gasteiger partial charge is 0.493 e. The van der Waals surface area contributed by atoms with E-state index in [1.165, 1.54) is 13.2 Å². The predicted molar refractivity (Wildman–Crippen MR) is 120 cm³/mol. The van der Waals surface area contributed by atoms with Gasteiger partial charge in [0.1, 0.15) is 5.57 Å². The Morgan fingerprint density at radius 1 is 1.13 bits per heavy atom. The van der Waals surface area contributed by atoms with E-state index in [1.807, 2.05) is 6.92 Å². The molecule has 3 N–H and O–H groups in total. The van der Waals surface area contributed by atoms with E-state index in [2.05, 4.69) is 16.0 Å². The fourth-order valence-corrected chi connectivity index (χ4v) is 3.04. The van der Waals surface area contributed by atoms with Gasteiger partial charge in [-0.25, -0.2) is 0 Å². The van der Waals surface area contributed by atoms with Gasteiger partial charge in [-0.05, 0) is 60.6 Å². The van der Waals surface area contributed by atoms with E-state index in [0.29, 0.717) is 27.8 Å². The van der Waals surface area contributed by atoms with Crippen LogP contribution in [0.25, 0.3) is 6.08 Å². The van der Waals surface area contributed by atoms with Crippen molar-refractivity contribution >= 4 is 58.4 Å². The van der Waals surface area contributed by atoms with Gasteiger partial charge in [-0.15, -0.1) is 0 Å². The smallest absolute Gasteiger partial charge is 0.263 e. The normalized spacial score (nSPS) is 13.3. The molecule has 0 bridgehead atoms. The minimum Gasteiger partial charge on any atom is -0.493 e. The number of amides is 3. The summed E-state index contributed by atoms with van der Waals surface area (Å²) in [4.78, 5) is 36.1. The molecule has 0 unspecified atom stereocenters. The Kier molecular flexibility index (Phi) is 6.88. The fraction of sp³-hybridized carbons (Fsp3) is 0.143. The number of rotatable bonds is 6. The van der Waals surface area contributed by atoms with E-state index in [0.717, 1.165) is 5.56 Å². The molecule has 31 heavy (non-hydrogen) atoms. The van der Waals surface area contributed by atoms with E-state index in [9.17, 15) is 14.4 Å². The van der Waals surface area contributed by atoms with Crippen molar-refractivity contribution in [2.75, 3.05) is 19.0 Å². The third kappa shape index (κ3) is 5.59. The van der Waals surface area contributed by atoms with Crippen LogP contribution in [0.15, 0.2) is 42.0 Å². The number of benzene rings is 2. The van der Waals surface area contributed by atoms with E-state index in [1.54, 1.807) is 36.4 Å². The molecule has 1 aliphatic rings. The first-order chi connectivity index (χ1) is 14.8. The van der Waals surface area contributed by atoms with Crippen LogP contribution in [0.1, 0.15) is 11.1 Å². The number of carbonyl (C=O) groups is 3. The summed E-state index contributed by atoms with van der Waals surface area (Å²) in [6.07, 6.45) is 1.40. The van der Waals surface area contributed by atoms with Crippen molar-refractivity contribution < 1.29 is 23.9 Å². The maximum absolute atomic E-state index is 12.2. The monoisotopic (exact) mass is 459 g/mol. The first-order valence-electron chi connectivity index (χ1n) is 9.02. The second-order valence-electron chi connectivity index (χ2n) is 6.51. The molecule has 10 heteroatoms. The molecule has 1 heterocycles. The zero-order valence-electron chi connectivity index (χ0n) is 16.6. The van der Waals surface area contributed by atoms with Crippen molar-refractivity contribution in [2.24, 2.45) is 0 Å². The maximum atomic E-state index is 12.2. The highest BCUT2D eigenvalue weighted by Gasteiger charge is 2.25. The summed E-state index contributed by atoms with van der Waals surface area (Å²) in [6, 6.07) is 9.97. The fourth-order valence-electron chi connectivity index (χ4n) is 2.68. The van der Waals surface area contributed by atoms with Gasteiger partial charge in [-0.2, -0.15) is 0 Å². The average Bonchev–Trinajstić information content (AvgIpc) is 2.72. The summed E-state index contributed by atoms with van der Waals surface area (Å²) in [5.41, 5.74) is 1.89. The molecule has 2 aromatic rings. The number of thiocarbonyl (C=S) groups is 1. The molecule has 3 rings (SSSR count). The Hall–Kier alpha value is -3.43. The van der Waals surface area contributed by atoms with Crippen LogP contribution < -0.4 is 25.4 Å². The number of methoxy groups -OCH3 is 1. The van der Waals surface area contributed by atoms with Crippen molar-refractivity contribution in [1.29, 1.82) is 0 Å². The van der Waals surface area contributed by atoms with Gasteiger partial charge >= 0.3 is 0 Å². The molecule has 8 nitrogen and oxygen atoms in total. The topological polar surface area (TPSA) is 106 Å².